The van der Waals surface area contributed by atoms with E-state index >= 15 is 0 Å². The Balaban J connectivity index is 2.51. The lowest BCUT2D eigenvalue weighted by Gasteiger charge is -2.01. The lowest BCUT2D eigenvalue weighted by Crippen LogP contribution is -1.95. The van der Waals surface area contributed by atoms with Gasteiger partial charge < -0.3 is 4.57 Å². The second-order valence-electron chi connectivity index (χ2n) is 3.32. The molecule has 66 valence electrons. The quantitative estimate of drug-likeness (QED) is 0.637. The van der Waals surface area contributed by atoms with Crippen LogP contribution >= 0.6 is 0 Å². The molecule has 13 heavy (non-hydrogen) atoms. The summed E-state index contributed by atoms with van der Waals surface area (Å²) in [6, 6.07) is 8.12. The Morgan fingerprint density at radius 3 is 3.00 bits per heavy atom. The largest absolute Gasteiger partial charge is 0.326 e. The highest BCUT2D eigenvalue weighted by Crippen LogP contribution is 2.12. The van der Waals surface area contributed by atoms with Crippen LogP contribution in [-0.2, 0) is 6.54 Å². The van der Waals surface area contributed by atoms with Crippen LogP contribution in [0.2, 0.25) is 0 Å². The van der Waals surface area contributed by atoms with Crippen LogP contribution in [0, 0.1) is 0 Å². The van der Waals surface area contributed by atoms with Crippen molar-refractivity contribution < 1.29 is 0 Å². The zero-order valence-electron chi connectivity index (χ0n) is 7.70. The van der Waals surface area contributed by atoms with Gasteiger partial charge in [0.25, 0.3) is 0 Å². The van der Waals surface area contributed by atoms with Crippen molar-refractivity contribution >= 4 is 11.0 Å². The average molecular weight is 172 g/mol. The summed E-state index contributed by atoms with van der Waals surface area (Å²) in [6.07, 6.45) is 1.86. The summed E-state index contributed by atoms with van der Waals surface area (Å²) in [7, 11) is 0. The average Bonchev–Trinajstić information content (AvgIpc) is 2.48. The summed E-state index contributed by atoms with van der Waals surface area (Å²) in [5.41, 5.74) is 3.36. The van der Waals surface area contributed by atoms with E-state index in [0.29, 0.717) is 0 Å². The molecule has 2 rings (SSSR count). The molecule has 0 saturated heterocycles. The SMILES string of the molecule is C=C(C)Cn1cnc2ccccc21. The molecule has 0 N–H and O–H groups in total. The molecule has 0 unspecified atom stereocenters. The minimum absolute atomic E-state index is 0.848. The van der Waals surface area contributed by atoms with Crippen LogP contribution in [0.4, 0.5) is 0 Å². The number of hydrogen-bond donors (Lipinski definition) is 0. The Hall–Kier alpha value is -1.57. The molecule has 0 spiro atoms. The molecule has 2 nitrogen and oxygen atoms in total. The summed E-state index contributed by atoms with van der Waals surface area (Å²) < 4.78 is 2.11. The molecule has 0 bridgehead atoms. The Bertz CT molecular complexity index is 440. The van der Waals surface area contributed by atoms with E-state index in [4.69, 9.17) is 0 Å². The number of nitrogens with zero attached hydrogens (tertiary/aromatic N) is 2. The van der Waals surface area contributed by atoms with Gasteiger partial charge in [-0.15, -0.1) is 0 Å². The summed E-state index contributed by atoms with van der Waals surface area (Å²) >= 11 is 0. The second-order valence-corrected chi connectivity index (χ2v) is 3.32. The molecule has 0 aliphatic heterocycles. The van der Waals surface area contributed by atoms with Crippen molar-refractivity contribution in [2.75, 3.05) is 0 Å². The molecular formula is C11H12N2. The van der Waals surface area contributed by atoms with Gasteiger partial charge in [0, 0.05) is 6.54 Å². The van der Waals surface area contributed by atoms with E-state index < -0.39 is 0 Å². The molecule has 0 fully saturated rings. The van der Waals surface area contributed by atoms with Crippen molar-refractivity contribution in [3.63, 3.8) is 0 Å². The van der Waals surface area contributed by atoms with Crippen LogP contribution < -0.4 is 0 Å². The van der Waals surface area contributed by atoms with Crippen molar-refractivity contribution in [1.82, 2.24) is 9.55 Å². The highest BCUT2D eigenvalue weighted by molar-refractivity contribution is 5.74. The standard InChI is InChI=1S/C11H12N2/c1-9(2)7-13-8-12-10-5-3-4-6-11(10)13/h3-6,8H,1,7H2,2H3. The number of allylic oxidation sites excluding steroid dienone is 1. The highest BCUT2D eigenvalue weighted by Gasteiger charge is 1.99. The first-order valence-corrected chi connectivity index (χ1v) is 4.31. The predicted molar refractivity (Wildman–Crippen MR) is 54.5 cm³/mol. The zero-order valence-corrected chi connectivity index (χ0v) is 7.70. The number of imidazole rings is 1. The molecule has 1 aromatic carbocycles. The first-order chi connectivity index (χ1) is 6.27. The third-order valence-corrected chi connectivity index (χ3v) is 1.97. The molecule has 0 saturated carbocycles. The van der Waals surface area contributed by atoms with Gasteiger partial charge in [-0.2, -0.15) is 0 Å². The Labute approximate surface area is 77.5 Å². The Morgan fingerprint density at radius 1 is 1.46 bits per heavy atom. The molecule has 0 amide bonds. The van der Waals surface area contributed by atoms with E-state index in [9.17, 15) is 0 Å². The summed E-state index contributed by atoms with van der Waals surface area (Å²) in [6.45, 7) is 6.76. The van der Waals surface area contributed by atoms with Gasteiger partial charge in [-0.05, 0) is 19.1 Å². The lowest BCUT2D eigenvalue weighted by molar-refractivity contribution is 0.811. The molecule has 0 aliphatic carbocycles. The smallest absolute Gasteiger partial charge is 0.0961 e. The van der Waals surface area contributed by atoms with Crippen LogP contribution in [-0.4, -0.2) is 9.55 Å². The number of rotatable bonds is 2. The Kier molecular flexibility index (Phi) is 1.89. The second kappa shape index (κ2) is 3.05. The van der Waals surface area contributed by atoms with Gasteiger partial charge in [-0.1, -0.05) is 24.3 Å². The van der Waals surface area contributed by atoms with Crippen LogP contribution in [0.15, 0.2) is 42.7 Å². The monoisotopic (exact) mass is 172 g/mol. The van der Waals surface area contributed by atoms with Crippen LogP contribution in [0.5, 0.6) is 0 Å². The van der Waals surface area contributed by atoms with Gasteiger partial charge in [0.05, 0.1) is 17.4 Å². The number of para-hydroxylation sites is 2. The molecule has 1 heterocycles. The molecule has 0 atom stereocenters. The van der Waals surface area contributed by atoms with Gasteiger partial charge in [-0.3, -0.25) is 0 Å². The van der Waals surface area contributed by atoms with E-state index in [1.54, 1.807) is 0 Å². The van der Waals surface area contributed by atoms with Crippen molar-refractivity contribution in [2.45, 2.75) is 13.5 Å². The minimum atomic E-state index is 0.848. The van der Waals surface area contributed by atoms with E-state index in [0.717, 1.165) is 17.6 Å². The number of hydrogen-bond acceptors (Lipinski definition) is 1. The van der Waals surface area contributed by atoms with Gasteiger partial charge in [0.15, 0.2) is 0 Å². The fourth-order valence-corrected chi connectivity index (χ4v) is 1.43. The minimum Gasteiger partial charge on any atom is -0.326 e. The maximum Gasteiger partial charge on any atom is 0.0961 e. The fraction of sp³-hybridized carbons (Fsp3) is 0.182. The maximum atomic E-state index is 4.29. The topological polar surface area (TPSA) is 17.8 Å². The summed E-state index contributed by atoms with van der Waals surface area (Å²) in [5, 5.41) is 0. The van der Waals surface area contributed by atoms with Crippen LogP contribution in [0.3, 0.4) is 0 Å². The van der Waals surface area contributed by atoms with Gasteiger partial charge in [0.1, 0.15) is 0 Å². The van der Waals surface area contributed by atoms with Crippen LogP contribution in [0.25, 0.3) is 11.0 Å². The first kappa shape index (κ1) is 8.05. The third kappa shape index (κ3) is 1.47. The zero-order chi connectivity index (χ0) is 9.26. The molecule has 0 aliphatic rings. The van der Waals surface area contributed by atoms with Gasteiger partial charge in [-0.25, -0.2) is 4.98 Å². The number of fused-ring (bicyclic) bond motifs is 1. The maximum absolute atomic E-state index is 4.29. The molecule has 2 heteroatoms. The van der Waals surface area contributed by atoms with E-state index in [-0.39, 0.29) is 0 Å². The molecule has 2 aromatic rings. The van der Waals surface area contributed by atoms with Crippen molar-refractivity contribution in [3.8, 4) is 0 Å². The van der Waals surface area contributed by atoms with Crippen molar-refractivity contribution in [2.24, 2.45) is 0 Å². The van der Waals surface area contributed by atoms with Crippen molar-refractivity contribution in [1.29, 1.82) is 0 Å². The molecule has 1 aromatic heterocycles. The van der Waals surface area contributed by atoms with Crippen LogP contribution in [0.1, 0.15) is 6.92 Å². The predicted octanol–water partition coefficient (Wildman–Crippen LogP) is 2.61. The number of benzene rings is 1. The lowest BCUT2D eigenvalue weighted by atomic mass is 10.3. The van der Waals surface area contributed by atoms with E-state index in [1.165, 1.54) is 5.52 Å². The summed E-state index contributed by atoms with van der Waals surface area (Å²) in [5.74, 6) is 0. The molecule has 0 radical (unpaired) electrons. The third-order valence-electron chi connectivity index (χ3n) is 1.97. The van der Waals surface area contributed by atoms with E-state index in [2.05, 4.69) is 22.2 Å². The fourth-order valence-electron chi connectivity index (χ4n) is 1.43. The number of aromatic nitrogens is 2. The van der Waals surface area contributed by atoms with Gasteiger partial charge in [0.2, 0.25) is 0 Å². The normalized spacial score (nSPS) is 10.5. The Morgan fingerprint density at radius 2 is 2.23 bits per heavy atom. The summed E-state index contributed by atoms with van der Waals surface area (Å²) in [4.78, 5) is 4.29. The highest BCUT2D eigenvalue weighted by atomic mass is 15.0. The van der Waals surface area contributed by atoms with E-state index in [1.807, 2.05) is 31.5 Å². The first-order valence-electron chi connectivity index (χ1n) is 4.31. The molecular weight excluding hydrogens is 160 g/mol. The van der Waals surface area contributed by atoms with Crippen molar-refractivity contribution in [3.05, 3.63) is 42.7 Å². The van der Waals surface area contributed by atoms with Gasteiger partial charge >= 0.3 is 0 Å².